The van der Waals surface area contributed by atoms with Crippen molar-refractivity contribution < 1.29 is 19.1 Å². The fourth-order valence-electron chi connectivity index (χ4n) is 2.90. The number of carbonyl (C=O) groups is 2. The zero-order valence-corrected chi connectivity index (χ0v) is 16.3. The quantitative estimate of drug-likeness (QED) is 0.656. The number of aromatic nitrogens is 2. The summed E-state index contributed by atoms with van der Waals surface area (Å²) in [5, 5.41) is 3.25. The summed E-state index contributed by atoms with van der Waals surface area (Å²) in [6.07, 6.45) is 1.73. The van der Waals surface area contributed by atoms with Crippen molar-refractivity contribution in [3.05, 3.63) is 52.6 Å². The molecule has 0 aliphatic heterocycles. The third kappa shape index (κ3) is 5.17. The Morgan fingerprint density at radius 1 is 1.11 bits per heavy atom. The summed E-state index contributed by atoms with van der Waals surface area (Å²) in [5.74, 6) is -0.963. The topological polar surface area (TPSA) is 93.3 Å². The number of H-pyrrole nitrogens is 1. The van der Waals surface area contributed by atoms with Gasteiger partial charge in [-0.25, -0.2) is 9.59 Å². The van der Waals surface area contributed by atoms with Crippen molar-refractivity contribution in [3.8, 4) is 0 Å². The lowest BCUT2D eigenvalue weighted by molar-refractivity contribution is 0.0517. The second-order valence-electron chi connectivity index (χ2n) is 6.29. The SMILES string of the molecule is CCOC(=O)c1[nH]c(CNCc2ccccn2)c(C(=O)OCC)c1C(C)C. The van der Waals surface area contributed by atoms with Gasteiger partial charge in [-0.2, -0.15) is 0 Å². The molecular weight excluding hydrogens is 346 g/mol. The summed E-state index contributed by atoms with van der Waals surface area (Å²) in [4.78, 5) is 32.3. The molecule has 0 spiro atoms. The lowest BCUT2D eigenvalue weighted by atomic mass is 9.97. The van der Waals surface area contributed by atoms with Crippen molar-refractivity contribution in [3.63, 3.8) is 0 Å². The van der Waals surface area contributed by atoms with Crippen LogP contribution in [0, 0.1) is 0 Å². The molecular formula is C20H27N3O4. The third-order valence-electron chi connectivity index (χ3n) is 3.99. The van der Waals surface area contributed by atoms with Gasteiger partial charge in [0.15, 0.2) is 0 Å². The van der Waals surface area contributed by atoms with Crippen LogP contribution in [-0.4, -0.2) is 35.1 Å². The van der Waals surface area contributed by atoms with E-state index in [1.807, 2.05) is 32.0 Å². The number of nitrogens with zero attached hydrogens (tertiary/aromatic N) is 1. The van der Waals surface area contributed by atoms with Crippen LogP contribution in [0.25, 0.3) is 0 Å². The molecule has 0 bridgehead atoms. The van der Waals surface area contributed by atoms with Crippen molar-refractivity contribution in [2.75, 3.05) is 13.2 Å². The number of esters is 2. The van der Waals surface area contributed by atoms with Crippen LogP contribution in [-0.2, 0) is 22.6 Å². The Balaban J connectivity index is 2.33. The first kappa shape index (κ1) is 20.6. The van der Waals surface area contributed by atoms with E-state index < -0.39 is 11.9 Å². The first-order valence-electron chi connectivity index (χ1n) is 9.19. The number of hydrogen-bond donors (Lipinski definition) is 2. The molecule has 0 radical (unpaired) electrons. The lowest BCUT2D eigenvalue weighted by Crippen LogP contribution is -2.17. The van der Waals surface area contributed by atoms with Gasteiger partial charge in [0.1, 0.15) is 5.69 Å². The van der Waals surface area contributed by atoms with Crippen LogP contribution in [0.4, 0.5) is 0 Å². The fourth-order valence-corrected chi connectivity index (χ4v) is 2.90. The van der Waals surface area contributed by atoms with Gasteiger partial charge in [0, 0.05) is 30.5 Å². The molecule has 7 nitrogen and oxygen atoms in total. The largest absolute Gasteiger partial charge is 0.462 e. The smallest absolute Gasteiger partial charge is 0.355 e. The Kier molecular flexibility index (Phi) is 7.55. The van der Waals surface area contributed by atoms with Crippen LogP contribution >= 0.6 is 0 Å². The van der Waals surface area contributed by atoms with E-state index in [0.29, 0.717) is 35.6 Å². The Morgan fingerprint density at radius 2 is 1.81 bits per heavy atom. The number of rotatable bonds is 9. The molecule has 0 unspecified atom stereocenters. The molecule has 2 aromatic heterocycles. The highest BCUT2D eigenvalue weighted by molar-refractivity contribution is 5.99. The van der Waals surface area contributed by atoms with Gasteiger partial charge in [0.2, 0.25) is 0 Å². The van der Waals surface area contributed by atoms with Crippen LogP contribution in [0.5, 0.6) is 0 Å². The molecule has 0 aromatic carbocycles. The van der Waals surface area contributed by atoms with Crippen LogP contribution in [0.3, 0.4) is 0 Å². The van der Waals surface area contributed by atoms with Gasteiger partial charge in [-0.3, -0.25) is 4.98 Å². The number of carbonyl (C=O) groups excluding carboxylic acids is 2. The van der Waals surface area contributed by atoms with Gasteiger partial charge in [-0.05, 0) is 31.9 Å². The predicted molar refractivity (Wildman–Crippen MR) is 102 cm³/mol. The summed E-state index contributed by atoms with van der Waals surface area (Å²) >= 11 is 0. The predicted octanol–water partition coefficient (Wildman–Crippen LogP) is 3.18. The summed E-state index contributed by atoms with van der Waals surface area (Å²) in [5.41, 5.74) is 2.84. The highest BCUT2D eigenvalue weighted by Gasteiger charge is 2.29. The van der Waals surface area contributed by atoms with E-state index in [0.717, 1.165) is 5.69 Å². The van der Waals surface area contributed by atoms with Crippen molar-refractivity contribution in [2.24, 2.45) is 0 Å². The molecule has 0 amide bonds. The van der Waals surface area contributed by atoms with Crippen molar-refractivity contribution in [1.82, 2.24) is 15.3 Å². The number of hydrogen-bond acceptors (Lipinski definition) is 6. The maximum atomic E-state index is 12.6. The minimum absolute atomic E-state index is 0.0513. The van der Waals surface area contributed by atoms with Crippen LogP contribution in [0.15, 0.2) is 24.4 Å². The van der Waals surface area contributed by atoms with Crippen molar-refractivity contribution in [2.45, 2.75) is 46.7 Å². The van der Waals surface area contributed by atoms with Gasteiger partial charge >= 0.3 is 11.9 Å². The fraction of sp³-hybridized carbons (Fsp3) is 0.450. The average molecular weight is 373 g/mol. The zero-order chi connectivity index (χ0) is 19.8. The molecule has 0 saturated carbocycles. The Labute approximate surface area is 159 Å². The maximum Gasteiger partial charge on any atom is 0.355 e. The Hall–Kier alpha value is -2.67. The molecule has 2 aromatic rings. The summed E-state index contributed by atoms with van der Waals surface area (Å²) in [7, 11) is 0. The minimum Gasteiger partial charge on any atom is -0.462 e. The Morgan fingerprint density at radius 3 is 2.41 bits per heavy atom. The summed E-state index contributed by atoms with van der Waals surface area (Å²) in [6.45, 7) is 8.79. The van der Waals surface area contributed by atoms with Gasteiger partial charge in [-0.1, -0.05) is 19.9 Å². The standard InChI is InChI=1S/C20H27N3O4/c1-5-26-19(24)17-15(12-21-11-14-9-7-8-10-22-14)23-18(16(17)13(3)4)20(25)27-6-2/h7-10,13,21,23H,5-6,11-12H2,1-4H3. The van der Waals surface area contributed by atoms with Crippen LogP contribution in [0.1, 0.15) is 71.4 Å². The molecule has 0 atom stereocenters. The highest BCUT2D eigenvalue weighted by atomic mass is 16.5. The molecule has 27 heavy (non-hydrogen) atoms. The van der Waals surface area contributed by atoms with Gasteiger partial charge in [0.05, 0.1) is 24.5 Å². The number of ether oxygens (including phenoxy) is 2. The molecule has 0 saturated heterocycles. The summed E-state index contributed by atoms with van der Waals surface area (Å²) < 4.78 is 10.4. The molecule has 0 aliphatic carbocycles. The third-order valence-corrected chi connectivity index (χ3v) is 3.99. The molecule has 0 aliphatic rings. The van der Waals surface area contributed by atoms with E-state index in [4.69, 9.17) is 9.47 Å². The lowest BCUT2D eigenvalue weighted by Gasteiger charge is -2.11. The normalized spacial score (nSPS) is 10.9. The number of pyridine rings is 1. The van der Waals surface area contributed by atoms with E-state index in [1.165, 1.54) is 0 Å². The van der Waals surface area contributed by atoms with Crippen molar-refractivity contribution in [1.29, 1.82) is 0 Å². The second kappa shape index (κ2) is 9.87. The van der Waals surface area contributed by atoms with Gasteiger partial charge in [-0.15, -0.1) is 0 Å². The molecule has 2 heterocycles. The second-order valence-corrected chi connectivity index (χ2v) is 6.29. The average Bonchev–Trinajstić information content (AvgIpc) is 3.03. The van der Waals surface area contributed by atoms with E-state index >= 15 is 0 Å². The summed E-state index contributed by atoms with van der Waals surface area (Å²) in [6, 6.07) is 5.68. The number of nitrogens with one attached hydrogen (secondary N) is 2. The van der Waals surface area contributed by atoms with E-state index in [-0.39, 0.29) is 19.1 Å². The van der Waals surface area contributed by atoms with E-state index in [1.54, 1.807) is 20.0 Å². The van der Waals surface area contributed by atoms with Crippen LogP contribution in [0.2, 0.25) is 0 Å². The molecule has 0 fully saturated rings. The van der Waals surface area contributed by atoms with E-state index in [9.17, 15) is 9.59 Å². The molecule has 146 valence electrons. The van der Waals surface area contributed by atoms with Crippen LogP contribution < -0.4 is 5.32 Å². The van der Waals surface area contributed by atoms with E-state index in [2.05, 4.69) is 15.3 Å². The maximum absolute atomic E-state index is 12.6. The highest BCUT2D eigenvalue weighted by Crippen LogP contribution is 2.28. The first-order chi connectivity index (χ1) is 13.0. The number of aromatic amines is 1. The molecule has 2 N–H and O–H groups in total. The monoisotopic (exact) mass is 373 g/mol. The van der Waals surface area contributed by atoms with Crippen molar-refractivity contribution >= 4 is 11.9 Å². The molecule has 2 rings (SSSR count). The zero-order valence-electron chi connectivity index (χ0n) is 16.3. The molecule has 7 heteroatoms. The Bertz CT molecular complexity index is 769. The minimum atomic E-state index is -0.470. The van der Waals surface area contributed by atoms with Gasteiger partial charge in [0.25, 0.3) is 0 Å². The first-order valence-corrected chi connectivity index (χ1v) is 9.19. The van der Waals surface area contributed by atoms with Gasteiger partial charge < -0.3 is 19.8 Å².